The zero-order chi connectivity index (χ0) is 21.4. The van der Waals surface area contributed by atoms with Gasteiger partial charge in [-0.15, -0.1) is 11.3 Å². The molecule has 1 N–H and O–H groups in total. The van der Waals surface area contributed by atoms with Gasteiger partial charge in [0.2, 0.25) is 10.0 Å². The van der Waals surface area contributed by atoms with Gasteiger partial charge in [0.25, 0.3) is 5.91 Å². The molecular weight excluding hydrogens is 434 g/mol. The monoisotopic (exact) mass is 451 g/mol. The Morgan fingerprint density at radius 1 is 1.28 bits per heavy atom. The number of hydrogen-bond acceptors (Lipinski definition) is 5. The highest BCUT2D eigenvalue weighted by atomic mass is 32.2. The molecule has 1 aromatic carbocycles. The van der Waals surface area contributed by atoms with E-state index in [2.05, 4.69) is 10.3 Å². The Morgan fingerprint density at radius 2 is 1.93 bits per heavy atom. The zero-order valence-corrected chi connectivity index (χ0v) is 16.8. The van der Waals surface area contributed by atoms with Crippen molar-refractivity contribution < 1.29 is 30.8 Å². The Kier molecular flexibility index (Phi) is 5.97. The van der Waals surface area contributed by atoms with Crippen molar-refractivity contribution in [3.05, 3.63) is 45.7 Å². The number of carbonyl (C=O) groups is 1. The quantitative estimate of drug-likeness (QED) is 0.725. The predicted octanol–water partition coefficient (Wildman–Crippen LogP) is 3.19. The summed E-state index contributed by atoms with van der Waals surface area (Å²) in [5.74, 6) is -1.82. The van der Waals surface area contributed by atoms with Gasteiger partial charge >= 0.3 is 6.18 Å². The van der Waals surface area contributed by atoms with Crippen molar-refractivity contribution in [2.45, 2.75) is 36.9 Å². The third-order valence-electron chi connectivity index (χ3n) is 4.62. The van der Waals surface area contributed by atoms with Crippen molar-refractivity contribution in [1.29, 1.82) is 0 Å². The standard InChI is InChI=1S/C17H17F4N3O3S2/c1-10-15(28-9-22-10)16(25)23-11-4-6-24(7-5-11)29(26,27)12-2-3-14(18)13(8-12)17(19,20)21/h2-3,8-9,11H,4-7H2,1H3,(H,23,25). The average Bonchev–Trinajstić information content (AvgIpc) is 3.07. The summed E-state index contributed by atoms with van der Waals surface area (Å²) in [7, 11) is -4.22. The molecule has 0 radical (unpaired) electrons. The molecule has 0 atom stereocenters. The van der Waals surface area contributed by atoms with Gasteiger partial charge in [-0.3, -0.25) is 4.79 Å². The highest BCUT2D eigenvalue weighted by Crippen LogP contribution is 2.33. The van der Waals surface area contributed by atoms with Gasteiger partial charge in [0.05, 0.1) is 21.7 Å². The molecule has 158 valence electrons. The fraction of sp³-hybridized carbons (Fsp3) is 0.412. The molecule has 1 saturated heterocycles. The molecule has 12 heteroatoms. The molecule has 1 amide bonds. The number of benzene rings is 1. The number of hydrogen-bond donors (Lipinski definition) is 1. The van der Waals surface area contributed by atoms with Crippen molar-refractivity contribution in [2.24, 2.45) is 0 Å². The minimum absolute atomic E-state index is 0.0215. The molecule has 29 heavy (non-hydrogen) atoms. The molecule has 0 bridgehead atoms. The smallest absolute Gasteiger partial charge is 0.348 e. The lowest BCUT2D eigenvalue weighted by Gasteiger charge is -2.31. The highest BCUT2D eigenvalue weighted by molar-refractivity contribution is 7.89. The van der Waals surface area contributed by atoms with E-state index in [0.717, 1.165) is 10.4 Å². The fourth-order valence-corrected chi connectivity index (χ4v) is 5.24. The van der Waals surface area contributed by atoms with Crippen molar-refractivity contribution in [1.82, 2.24) is 14.6 Å². The van der Waals surface area contributed by atoms with Gasteiger partial charge in [-0.25, -0.2) is 17.8 Å². The van der Waals surface area contributed by atoms with Crippen LogP contribution in [-0.4, -0.2) is 42.7 Å². The largest absolute Gasteiger partial charge is 0.419 e. The molecule has 1 fully saturated rings. The van der Waals surface area contributed by atoms with Gasteiger partial charge in [0.15, 0.2) is 0 Å². The second-order valence-electron chi connectivity index (χ2n) is 6.56. The van der Waals surface area contributed by atoms with E-state index in [1.54, 1.807) is 12.4 Å². The summed E-state index contributed by atoms with van der Waals surface area (Å²) in [5.41, 5.74) is 0.530. The summed E-state index contributed by atoms with van der Waals surface area (Å²) in [6, 6.07) is 1.36. The number of amides is 1. The van der Waals surface area contributed by atoms with E-state index in [-0.39, 0.29) is 25.0 Å². The number of sulfonamides is 1. The van der Waals surface area contributed by atoms with E-state index in [0.29, 0.717) is 35.5 Å². The van der Waals surface area contributed by atoms with Crippen LogP contribution in [0.15, 0.2) is 28.6 Å². The minimum atomic E-state index is -5.00. The van der Waals surface area contributed by atoms with Gasteiger partial charge in [-0.05, 0) is 38.0 Å². The molecule has 2 aromatic rings. The number of piperidine rings is 1. The summed E-state index contributed by atoms with van der Waals surface area (Å²) in [5, 5.41) is 2.82. The lowest BCUT2D eigenvalue weighted by molar-refractivity contribution is -0.140. The van der Waals surface area contributed by atoms with Crippen LogP contribution in [0.4, 0.5) is 17.6 Å². The number of rotatable bonds is 4. The number of aryl methyl sites for hydroxylation is 1. The summed E-state index contributed by atoms with van der Waals surface area (Å²) < 4.78 is 78.5. The van der Waals surface area contributed by atoms with E-state index < -0.39 is 32.5 Å². The molecular formula is C17H17F4N3O3S2. The molecule has 2 heterocycles. The Labute approximate surface area is 168 Å². The molecule has 0 aliphatic carbocycles. The summed E-state index contributed by atoms with van der Waals surface area (Å²) in [6.45, 7) is 1.75. The summed E-state index contributed by atoms with van der Waals surface area (Å²) >= 11 is 1.20. The predicted molar refractivity (Wildman–Crippen MR) is 97.5 cm³/mol. The first-order chi connectivity index (χ1) is 13.5. The van der Waals surface area contributed by atoms with Gasteiger partial charge in [-0.2, -0.15) is 17.5 Å². The SMILES string of the molecule is Cc1ncsc1C(=O)NC1CCN(S(=O)(=O)c2ccc(F)c(C(F)(F)F)c2)CC1. The van der Waals surface area contributed by atoms with Crippen LogP contribution in [0.3, 0.4) is 0 Å². The first-order valence-corrected chi connectivity index (χ1v) is 10.9. The van der Waals surface area contributed by atoms with Crippen LogP contribution in [0.5, 0.6) is 0 Å². The Hall–Kier alpha value is -2.05. The first kappa shape index (κ1) is 21.7. The topological polar surface area (TPSA) is 79.4 Å². The second kappa shape index (κ2) is 8.00. The molecule has 0 spiro atoms. The molecule has 1 aliphatic rings. The van der Waals surface area contributed by atoms with E-state index in [1.807, 2.05) is 0 Å². The van der Waals surface area contributed by atoms with Gasteiger partial charge in [0, 0.05) is 19.1 Å². The number of alkyl halides is 3. The van der Waals surface area contributed by atoms with E-state index in [4.69, 9.17) is 0 Å². The lowest BCUT2D eigenvalue weighted by Crippen LogP contribution is -2.46. The highest BCUT2D eigenvalue weighted by Gasteiger charge is 2.37. The molecule has 1 aromatic heterocycles. The number of thiazole rings is 1. The third kappa shape index (κ3) is 4.59. The molecule has 1 aliphatic heterocycles. The summed E-state index contributed by atoms with van der Waals surface area (Å²) in [4.78, 5) is 16.1. The van der Waals surface area contributed by atoms with E-state index in [1.165, 1.54) is 11.3 Å². The van der Waals surface area contributed by atoms with Crippen molar-refractivity contribution in [3.8, 4) is 0 Å². The van der Waals surface area contributed by atoms with Crippen molar-refractivity contribution in [3.63, 3.8) is 0 Å². The number of halogens is 4. The van der Waals surface area contributed by atoms with Gasteiger partial charge in [0.1, 0.15) is 10.7 Å². The fourth-order valence-electron chi connectivity index (χ4n) is 3.04. The Balaban J connectivity index is 1.69. The number of aromatic nitrogens is 1. The van der Waals surface area contributed by atoms with Crippen LogP contribution in [0, 0.1) is 12.7 Å². The Bertz CT molecular complexity index is 1010. The first-order valence-electron chi connectivity index (χ1n) is 8.58. The van der Waals surface area contributed by atoms with Crippen LogP contribution in [0.1, 0.15) is 33.8 Å². The van der Waals surface area contributed by atoms with Crippen LogP contribution in [0.2, 0.25) is 0 Å². The van der Waals surface area contributed by atoms with Gasteiger partial charge in [-0.1, -0.05) is 0 Å². The number of nitrogens with zero attached hydrogens (tertiary/aromatic N) is 2. The second-order valence-corrected chi connectivity index (χ2v) is 9.35. The Morgan fingerprint density at radius 3 is 2.48 bits per heavy atom. The van der Waals surface area contributed by atoms with Crippen molar-refractivity contribution >= 4 is 27.3 Å². The molecule has 6 nitrogen and oxygen atoms in total. The maximum absolute atomic E-state index is 13.4. The van der Waals surface area contributed by atoms with Crippen LogP contribution >= 0.6 is 11.3 Å². The van der Waals surface area contributed by atoms with Crippen molar-refractivity contribution in [2.75, 3.05) is 13.1 Å². The van der Waals surface area contributed by atoms with Crippen LogP contribution in [0.25, 0.3) is 0 Å². The third-order valence-corrected chi connectivity index (χ3v) is 7.44. The van der Waals surface area contributed by atoms with Crippen LogP contribution < -0.4 is 5.32 Å². The minimum Gasteiger partial charge on any atom is -0.348 e. The number of nitrogens with one attached hydrogen (secondary N) is 1. The lowest BCUT2D eigenvalue weighted by atomic mass is 10.1. The zero-order valence-electron chi connectivity index (χ0n) is 15.2. The molecule has 3 rings (SSSR count). The average molecular weight is 451 g/mol. The van der Waals surface area contributed by atoms with E-state index >= 15 is 0 Å². The maximum atomic E-state index is 13.4. The van der Waals surface area contributed by atoms with Gasteiger partial charge < -0.3 is 5.32 Å². The normalized spacial score (nSPS) is 16.7. The van der Waals surface area contributed by atoms with E-state index in [9.17, 15) is 30.8 Å². The molecule has 0 unspecified atom stereocenters. The summed E-state index contributed by atoms with van der Waals surface area (Å²) in [6.07, 6.45) is -4.39. The van der Waals surface area contributed by atoms with Crippen LogP contribution in [-0.2, 0) is 16.2 Å². The number of carbonyl (C=O) groups excluding carboxylic acids is 1. The molecule has 0 saturated carbocycles. The maximum Gasteiger partial charge on any atom is 0.419 e.